The van der Waals surface area contributed by atoms with Crippen molar-refractivity contribution in [2.24, 2.45) is 0 Å². The zero-order chi connectivity index (χ0) is 26.5. The SMILES string of the molecule is Cc1cc(OC[C@H](O)CO)cc(C)c1-c1cccc(COc2ccc(Cn3oc(=O)[n-]c3=O)cc2)c1C.[Na+]. The Kier molecular flexibility index (Phi) is 10.2. The molecular formula is C28H29N2NaO7. The van der Waals surface area contributed by atoms with E-state index in [1.54, 1.807) is 24.3 Å². The molecule has 1 heterocycles. The first-order valence-corrected chi connectivity index (χ1v) is 11.8. The van der Waals surface area contributed by atoms with Crippen molar-refractivity contribution in [3.8, 4) is 22.6 Å². The Labute approximate surface area is 241 Å². The van der Waals surface area contributed by atoms with E-state index in [-0.39, 0.29) is 49.3 Å². The second-order valence-electron chi connectivity index (χ2n) is 8.89. The van der Waals surface area contributed by atoms with E-state index >= 15 is 0 Å². The largest absolute Gasteiger partial charge is 1.00 e. The molecular weight excluding hydrogens is 499 g/mol. The molecule has 194 valence electrons. The summed E-state index contributed by atoms with van der Waals surface area (Å²) in [5.41, 5.74) is 6.50. The summed E-state index contributed by atoms with van der Waals surface area (Å²) in [6, 6.07) is 17.2. The van der Waals surface area contributed by atoms with Crippen molar-refractivity contribution in [1.82, 2.24) is 9.72 Å². The smallest absolute Gasteiger partial charge is 0.491 e. The number of benzene rings is 3. The van der Waals surface area contributed by atoms with E-state index < -0.39 is 17.5 Å². The Morgan fingerprint density at radius 2 is 1.66 bits per heavy atom. The van der Waals surface area contributed by atoms with Crippen LogP contribution < -0.4 is 55.5 Å². The standard InChI is InChI=1S/C28H30N2O7.Na/c1-17-11-24(36-16-22(32)14-31)12-18(2)26(17)25-6-4-5-21(19(25)3)15-35-23-9-7-20(8-10-23)13-30-27(33)29-28(34)37-30;/h4-12,22,31-32H,13-16H2,1-3H3,(H,29,33,34);/q;+1/p-1/t22-;/m1./s1. The first-order chi connectivity index (χ1) is 17.7. The van der Waals surface area contributed by atoms with E-state index in [9.17, 15) is 14.7 Å². The van der Waals surface area contributed by atoms with Crippen molar-refractivity contribution in [2.75, 3.05) is 13.2 Å². The minimum Gasteiger partial charge on any atom is -0.491 e. The fraction of sp³-hybridized carbons (Fsp3) is 0.286. The van der Waals surface area contributed by atoms with Gasteiger partial charge in [0.05, 0.1) is 6.61 Å². The number of aryl methyl sites for hydroxylation is 2. The van der Waals surface area contributed by atoms with Crippen LogP contribution in [0.4, 0.5) is 0 Å². The molecule has 0 saturated heterocycles. The monoisotopic (exact) mass is 528 g/mol. The van der Waals surface area contributed by atoms with Gasteiger partial charge in [-0.25, -0.2) is 4.79 Å². The fourth-order valence-corrected chi connectivity index (χ4v) is 4.19. The summed E-state index contributed by atoms with van der Waals surface area (Å²) in [7, 11) is 0. The summed E-state index contributed by atoms with van der Waals surface area (Å²) in [6.45, 7) is 6.28. The van der Waals surface area contributed by atoms with Gasteiger partial charge in [-0.15, -0.1) is 0 Å². The second kappa shape index (κ2) is 13.1. The number of rotatable bonds is 10. The molecule has 4 aromatic rings. The Bertz CT molecular complexity index is 1470. The number of aromatic nitrogens is 2. The van der Waals surface area contributed by atoms with Crippen molar-refractivity contribution in [3.63, 3.8) is 0 Å². The molecule has 2 N–H and O–H groups in total. The summed E-state index contributed by atoms with van der Waals surface area (Å²) in [4.78, 5) is 25.8. The molecule has 9 nitrogen and oxygen atoms in total. The quantitative estimate of drug-likeness (QED) is 0.269. The third-order valence-electron chi connectivity index (χ3n) is 6.11. The third-order valence-corrected chi connectivity index (χ3v) is 6.11. The Morgan fingerprint density at radius 3 is 2.26 bits per heavy atom. The number of aliphatic hydroxyl groups excluding tert-OH is 2. The maximum Gasteiger partial charge on any atom is 1.00 e. The minimum atomic E-state index is -0.916. The van der Waals surface area contributed by atoms with Gasteiger partial charge in [0, 0.05) is 6.54 Å². The van der Waals surface area contributed by atoms with Gasteiger partial charge in [0.1, 0.15) is 30.8 Å². The summed E-state index contributed by atoms with van der Waals surface area (Å²) in [5, 5.41) is 18.6. The normalized spacial score (nSPS) is 11.6. The number of hydrogen-bond donors (Lipinski definition) is 2. The second-order valence-corrected chi connectivity index (χ2v) is 8.89. The van der Waals surface area contributed by atoms with Gasteiger partial charge in [0.25, 0.3) is 0 Å². The maximum absolute atomic E-state index is 11.6. The molecule has 1 aromatic heterocycles. The number of hydrogen-bond acceptors (Lipinski definition) is 7. The Balaban J connectivity index is 0.00000400. The van der Waals surface area contributed by atoms with Crippen LogP contribution in [-0.2, 0) is 13.2 Å². The van der Waals surface area contributed by atoms with Gasteiger partial charge >= 0.3 is 35.3 Å². The van der Waals surface area contributed by atoms with Crippen molar-refractivity contribution >= 4 is 0 Å². The van der Waals surface area contributed by atoms with Crippen molar-refractivity contribution in [2.45, 2.75) is 40.0 Å². The predicted octanol–water partition coefficient (Wildman–Crippen LogP) is -0.286. The van der Waals surface area contributed by atoms with Gasteiger partial charge < -0.3 is 29.2 Å². The molecule has 10 heteroatoms. The van der Waals surface area contributed by atoms with Gasteiger partial charge in [0.15, 0.2) is 5.69 Å². The van der Waals surface area contributed by atoms with E-state index in [0.717, 1.165) is 43.7 Å². The fourth-order valence-electron chi connectivity index (χ4n) is 4.19. The Morgan fingerprint density at radius 1 is 0.974 bits per heavy atom. The molecule has 0 amide bonds. The van der Waals surface area contributed by atoms with Crippen molar-refractivity contribution in [3.05, 3.63) is 103 Å². The topological polar surface area (TPSA) is 125 Å². The minimum absolute atomic E-state index is 0. The molecule has 4 rings (SSSR count). The van der Waals surface area contributed by atoms with Gasteiger partial charge in [-0.3, -0.25) is 9.53 Å². The first-order valence-electron chi connectivity index (χ1n) is 11.8. The van der Waals surface area contributed by atoms with E-state index in [0.29, 0.717) is 18.1 Å². The van der Waals surface area contributed by atoms with Gasteiger partial charge in [-0.1, -0.05) is 30.3 Å². The molecule has 0 aliphatic heterocycles. The molecule has 0 radical (unpaired) electrons. The van der Waals surface area contributed by atoms with E-state index in [2.05, 4.69) is 18.0 Å². The van der Waals surface area contributed by atoms with Crippen LogP contribution in [0.2, 0.25) is 0 Å². The zero-order valence-corrected chi connectivity index (χ0v) is 23.9. The van der Waals surface area contributed by atoms with Gasteiger partial charge in [-0.2, -0.15) is 0 Å². The van der Waals surface area contributed by atoms with Crippen LogP contribution in [0, 0.1) is 20.8 Å². The summed E-state index contributed by atoms with van der Waals surface area (Å²) >= 11 is 0. The summed E-state index contributed by atoms with van der Waals surface area (Å²) in [5.74, 6) is 0.408. The number of ether oxygens (including phenoxy) is 2. The van der Waals surface area contributed by atoms with Crippen LogP contribution >= 0.6 is 0 Å². The third kappa shape index (κ3) is 7.06. The van der Waals surface area contributed by atoms with E-state index in [4.69, 9.17) is 19.1 Å². The zero-order valence-electron chi connectivity index (χ0n) is 21.9. The molecule has 1 atom stereocenters. The number of aliphatic hydroxyl groups is 2. The molecule has 0 fully saturated rings. The average Bonchev–Trinajstić information content (AvgIpc) is 3.19. The molecule has 0 saturated carbocycles. The van der Waals surface area contributed by atoms with Crippen LogP contribution in [-0.4, -0.2) is 34.3 Å². The average molecular weight is 529 g/mol. The molecule has 3 aromatic carbocycles. The molecule has 38 heavy (non-hydrogen) atoms. The van der Waals surface area contributed by atoms with Crippen LogP contribution in [0.1, 0.15) is 27.8 Å². The summed E-state index contributed by atoms with van der Waals surface area (Å²) < 4.78 is 17.3. The molecule has 0 aliphatic carbocycles. The van der Waals surface area contributed by atoms with Gasteiger partial charge in [0.2, 0.25) is 0 Å². The molecule has 0 unspecified atom stereocenters. The van der Waals surface area contributed by atoms with Crippen LogP contribution in [0.15, 0.2) is 68.7 Å². The Hall–Kier alpha value is -3.08. The van der Waals surface area contributed by atoms with Crippen LogP contribution in [0.25, 0.3) is 11.1 Å². The van der Waals surface area contributed by atoms with E-state index in [1.807, 2.05) is 38.1 Å². The maximum atomic E-state index is 11.6. The van der Waals surface area contributed by atoms with Crippen LogP contribution in [0.3, 0.4) is 0 Å². The molecule has 0 aliphatic rings. The van der Waals surface area contributed by atoms with Crippen LogP contribution in [0.5, 0.6) is 11.5 Å². The number of nitrogens with zero attached hydrogens (tertiary/aromatic N) is 2. The first kappa shape index (κ1) is 29.5. The van der Waals surface area contributed by atoms with Gasteiger partial charge in [-0.05, 0) is 84.0 Å². The van der Waals surface area contributed by atoms with Crippen molar-refractivity contribution < 1.29 is 53.8 Å². The molecule has 0 bridgehead atoms. The summed E-state index contributed by atoms with van der Waals surface area (Å²) in [6.07, 6.45) is -0.916. The van der Waals surface area contributed by atoms with Crippen molar-refractivity contribution in [1.29, 1.82) is 0 Å². The van der Waals surface area contributed by atoms with E-state index in [1.165, 1.54) is 0 Å². The molecule has 0 spiro atoms. The predicted molar refractivity (Wildman–Crippen MR) is 137 cm³/mol.